The molecule has 0 radical (unpaired) electrons. The second-order valence-electron chi connectivity index (χ2n) is 16.0. The molecule has 15 heteroatoms. The van der Waals surface area contributed by atoms with Gasteiger partial charge in [0.1, 0.15) is 52.9 Å². The highest BCUT2D eigenvalue weighted by Crippen LogP contribution is 2.43. The second-order valence-corrected chi connectivity index (χ2v) is 16.0. The van der Waals surface area contributed by atoms with Crippen molar-refractivity contribution in [3.8, 4) is 17.2 Å². The number of hydrogen-bond acceptors (Lipinski definition) is 11. The zero-order valence-electron chi connectivity index (χ0n) is 36.9. The Morgan fingerprint density at radius 3 is 1.98 bits per heavy atom. The van der Waals surface area contributed by atoms with E-state index in [1.54, 1.807) is 50.6 Å². The van der Waals surface area contributed by atoms with Gasteiger partial charge in [0, 0.05) is 37.9 Å². The maximum atomic E-state index is 13.7. The fourth-order valence-corrected chi connectivity index (χ4v) is 7.91. The summed E-state index contributed by atoms with van der Waals surface area (Å²) >= 11 is 0. The van der Waals surface area contributed by atoms with Gasteiger partial charge in [0.05, 0.1) is 33.7 Å². The molecule has 66 heavy (non-hydrogen) atoms. The summed E-state index contributed by atoms with van der Waals surface area (Å²) in [6.07, 6.45) is -2.21. The Morgan fingerprint density at radius 2 is 1.39 bits per heavy atom. The van der Waals surface area contributed by atoms with E-state index >= 15 is 0 Å². The molecule has 5 aromatic carbocycles. The lowest BCUT2D eigenvalue weighted by atomic mass is 9.80. The molecule has 2 aliphatic heterocycles. The van der Waals surface area contributed by atoms with Gasteiger partial charge in [-0.05, 0) is 83.3 Å². The van der Waals surface area contributed by atoms with Crippen LogP contribution in [-0.2, 0) is 47.2 Å². The monoisotopic (exact) mass is 896 g/mol. The SMILES string of the molecule is COc1ccc(C(OC[C@H]2O[C@@H](N3CCC(NC(=O)c4ccc(CNC(=O)Cc5ccc(O)cc5)cc4)=NC3=O)CC2OC(=O)CCC(C)=O)(c2ccccc2)c2ccc(OC)cc2)cc1. The first-order valence-corrected chi connectivity index (χ1v) is 21.6. The molecule has 0 aliphatic carbocycles. The van der Waals surface area contributed by atoms with E-state index in [9.17, 15) is 29.1 Å². The van der Waals surface area contributed by atoms with Crippen LogP contribution in [0.2, 0.25) is 0 Å². The molecule has 1 fully saturated rings. The van der Waals surface area contributed by atoms with Crippen LogP contribution >= 0.6 is 0 Å². The summed E-state index contributed by atoms with van der Waals surface area (Å²) in [5.74, 6) is 0.237. The van der Waals surface area contributed by atoms with Gasteiger partial charge in [-0.2, -0.15) is 4.99 Å². The van der Waals surface area contributed by atoms with Crippen molar-refractivity contribution in [2.45, 2.75) is 69.6 Å². The number of methoxy groups -OCH3 is 2. The van der Waals surface area contributed by atoms with Crippen molar-refractivity contribution in [2.24, 2.45) is 4.99 Å². The molecule has 342 valence electrons. The molecule has 4 amide bonds. The molecular formula is C51H52N4O11. The quantitative estimate of drug-likeness (QED) is 0.0633. The number of hydrogen-bond donors (Lipinski definition) is 3. The normalized spacial score (nSPS) is 17.1. The average Bonchev–Trinajstić information content (AvgIpc) is 3.73. The standard InChI is InChI=1S/C51H52N4O11/c1-33(56)9-26-48(59)66-43-30-47(55-28-27-45(54-50(55)61)53-49(60)36-14-10-35(11-15-36)31-52-46(58)29-34-12-20-40(57)21-13-34)65-44(43)32-64-51(37-7-5-4-6-8-37,38-16-22-41(62-2)23-17-38)39-18-24-42(63-3)25-19-39/h4-8,10-25,43-44,47,57H,9,26-32H2,1-3H3,(H,52,58)(H,53,54,60,61)/t43?,44-,47-/m1/s1. The molecule has 2 aliphatic rings. The number of ketones is 1. The average molecular weight is 897 g/mol. The summed E-state index contributed by atoms with van der Waals surface area (Å²) in [5, 5.41) is 15.1. The number of carbonyl (C=O) groups excluding carboxylic acids is 5. The lowest BCUT2D eigenvalue weighted by Crippen LogP contribution is -2.46. The molecular weight excluding hydrogens is 845 g/mol. The largest absolute Gasteiger partial charge is 0.508 e. The molecule has 3 atom stereocenters. The third kappa shape index (κ3) is 11.5. The first-order chi connectivity index (χ1) is 31.9. The summed E-state index contributed by atoms with van der Waals surface area (Å²) in [6, 6.07) is 37.3. The van der Waals surface area contributed by atoms with E-state index < -0.39 is 41.9 Å². The Bertz CT molecular complexity index is 2470. The van der Waals surface area contributed by atoms with Crippen molar-refractivity contribution in [3.05, 3.63) is 161 Å². The minimum absolute atomic E-state index is 0.0161. The van der Waals surface area contributed by atoms with Gasteiger partial charge in [0.2, 0.25) is 5.91 Å². The Hall–Kier alpha value is -7.36. The van der Waals surface area contributed by atoms with Gasteiger partial charge in [0.15, 0.2) is 0 Å². The van der Waals surface area contributed by atoms with E-state index in [1.165, 1.54) is 24.0 Å². The van der Waals surface area contributed by atoms with Crippen LogP contribution in [0.15, 0.2) is 132 Å². The number of rotatable bonds is 18. The highest BCUT2D eigenvalue weighted by Gasteiger charge is 2.46. The van der Waals surface area contributed by atoms with Crippen LogP contribution < -0.4 is 20.1 Å². The third-order valence-corrected chi connectivity index (χ3v) is 11.5. The number of phenolic OH excluding ortho intramolecular Hbond substituents is 1. The molecule has 0 spiro atoms. The number of benzene rings is 5. The summed E-state index contributed by atoms with van der Waals surface area (Å²) in [7, 11) is 3.19. The van der Waals surface area contributed by atoms with Gasteiger partial charge in [-0.1, -0.05) is 78.9 Å². The Labute approximate surface area is 382 Å². The first-order valence-electron chi connectivity index (χ1n) is 21.6. The smallest absolute Gasteiger partial charge is 0.347 e. The zero-order chi connectivity index (χ0) is 46.6. The fraction of sp³-hybridized carbons (Fsp3) is 0.294. The van der Waals surface area contributed by atoms with Crippen LogP contribution in [0.4, 0.5) is 4.79 Å². The van der Waals surface area contributed by atoms with E-state index in [1.807, 2.05) is 78.9 Å². The summed E-state index contributed by atoms with van der Waals surface area (Å²) in [6.45, 7) is 1.72. The van der Waals surface area contributed by atoms with Crippen molar-refractivity contribution in [2.75, 3.05) is 27.4 Å². The summed E-state index contributed by atoms with van der Waals surface area (Å²) in [5.41, 5.74) is 3.03. The number of amidine groups is 1. The highest BCUT2D eigenvalue weighted by atomic mass is 16.6. The van der Waals surface area contributed by atoms with Gasteiger partial charge in [-0.3, -0.25) is 19.3 Å². The molecule has 0 saturated carbocycles. The van der Waals surface area contributed by atoms with Gasteiger partial charge in [-0.15, -0.1) is 0 Å². The number of aliphatic imine (C=N–C) groups is 1. The van der Waals surface area contributed by atoms with E-state index in [-0.39, 0.29) is 75.1 Å². The first kappa shape index (κ1) is 46.6. The molecule has 7 rings (SSSR count). The lowest BCUT2D eigenvalue weighted by molar-refractivity contribution is -0.157. The Kier molecular flexibility index (Phi) is 15.2. The van der Waals surface area contributed by atoms with Crippen LogP contribution in [0.3, 0.4) is 0 Å². The van der Waals surface area contributed by atoms with E-state index in [0.29, 0.717) is 17.1 Å². The molecule has 5 aromatic rings. The van der Waals surface area contributed by atoms with Crippen molar-refractivity contribution < 1.29 is 52.8 Å². The number of aromatic hydroxyl groups is 1. The van der Waals surface area contributed by atoms with E-state index in [0.717, 1.165) is 27.8 Å². The fourth-order valence-electron chi connectivity index (χ4n) is 7.91. The van der Waals surface area contributed by atoms with E-state index in [4.69, 9.17) is 23.7 Å². The number of Topliss-reactive ketones (excluding diaryl/α,β-unsaturated/α-hetero) is 1. The van der Waals surface area contributed by atoms with Crippen molar-refractivity contribution in [1.29, 1.82) is 0 Å². The molecule has 2 heterocycles. The number of phenols is 1. The molecule has 0 bridgehead atoms. The van der Waals surface area contributed by atoms with Crippen molar-refractivity contribution in [3.63, 3.8) is 0 Å². The van der Waals surface area contributed by atoms with Gasteiger partial charge < -0.3 is 44.2 Å². The van der Waals surface area contributed by atoms with E-state index in [2.05, 4.69) is 15.6 Å². The van der Waals surface area contributed by atoms with Crippen molar-refractivity contribution in [1.82, 2.24) is 15.5 Å². The minimum atomic E-state index is -1.21. The number of nitrogens with zero attached hydrogens (tertiary/aromatic N) is 2. The Morgan fingerprint density at radius 1 is 0.788 bits per heavy atom. The molecule has 15 nitrogen and oxygen atoms in total. The predicted octanol–water partition coefficient (Wildman–Crippen LogP) is 6.63. The number of ether oxygens (including phenoxy) is 5. The lowest BCUT2D eigenvalue weighted by Gasteiger charge is -2.37. The van der Waals surface area contributed by atoms with Crippen LogP contribution in [-0.4, -0.2) is 91.2 Å². The van der Waals surface area contributed by atoms with Gasteiger partial charge in [-0.25, -0.2) is 4.79 Å². The predicted molar refractivity (Wildman–Crippen MR) is 243 cm³/mol. The zero-order valence-corrected chi connectivity index (χ0v) is 36.9. The minimum Gasteiger partial charge on any atom is -0.508 e. The molecule has 1 unspecified atom stereocenters. The topological polar surface area (TPSA) is 191 Å². The van der Waals surface area contributed by atoms with Crippen LogP contribution in [0.25, 0.3) is 0 Å². The second kappa shape index (κ2) is 21.5. The van der Waals surface area contributed by atoms with Crippen LogP contribution in [0, 0.1) is 0 Å². The number of urea groups is 1. The number of amides is 4. The van der Waals surface area contributed by atoms with Crippen molar-refractivity contribution >= 4 is 35.4 Å². The molecule has 3 N–H and O–H groups in total. The highest BCUT2D eigenvalue weighted by molar-refractivity contribution is 6.09. The molecule has 0 aromatic heterocycles. The number of nitrogens with one attached hydrogen (secondary N) is 2. The number of esters is 1. The third-order valence-electron chi connectivity index (χ3n) is 11.5. The maximum absolute atomic E-state index is 13.7. The van der Waals surface area contributed by atoms with Gasteiger partial charge in [0.25, 0.3) is 5.91 Å². The summed E-state index contributed by atoms with van der Waals surface area (Å²) < 4.78 is 30.6. The van der Waals surface area contributed by atoms with Crippen LogP contribution in [0.5, 0.6) is 17.2 Å². The summed E-state index contributed by atoms with van der Waals surface area (Å²) in [4.78, 5) is 69.9. The molecule has 1 saturated heterocycles. The van der Waals surface area contributed by atoms with Gasteiger partial charge >= 0.3 is 12.0 Å². The van der Waals surface area contributed by atoms with Crippen LogP contribution in [0.1, 0.15) is 70.8 Å². The Balaban J connectivity index is 1.05. The number of carbonyl (C=O) groups is 5. The maximum Gasteiger partial charge on any atom is 0.347 e.